The first-order valence-electron chi connectivity index (χ1n) is 8.03. The number of aliphatic carboxylic acids is 2. The Labute approximate surface area is 131 Å². The zero-order valence-corrected chi connectivity index (χ0v) is 13.6. The van der Waals surface area contributed by atoms with Crippen LogP contribution in [-0.4, -0.2) is 34.7 Å². The van der Waals surface area contributed by atoms with Crippen LogP contribution in [0.5, 0.6) is 0 Å². The fourth-order valence-electron chi connectivity index (χ4n) is 2.27. The minimum absolute atomic E-state index is 0.00328. The number of carbonyl (C=O) groups is 3. The molecule has 0 saturated heterocycles. The molecule has 0 amide bonds. The van der Waals surface area contributed by atoms with Gasteiger partial charge in [-0.1, -0.05) is 52.4 Å². The molecule has 0 heterocycles. The van der Waals surface area contributed by atoms with Gasteiger partial charge in [0.25, 0.3) is 0 Å². The summed E-state index contributed by atoms with van der Waals surface area (Å²) in [6.07, 6.45) is 5.04. The topological polar surface area (TPSA) is 101 Å². The highest BCUT2D eigenvalue weighted by molar-refractivity contribution is 6.02. The summed E-state index contributed by atoms with van der Waals surface area (Å²) in [5.41, 5.74) is -1.97. The maximum Gasteiger partial charge on any atom is 0.324 e. The van der Waals surface area contributed by atoms with Crippen molar-refractivity contribution in [1.82, 2.24) is 0 Å². The van der Waals surface area contributed by atoms with E-state index in [1.807, 2.05) is 6.92 Å². The Morgan fingerprint density at radius 3 is 2.00 bits per heavy atom. The van der Waals surface area contributed by atoms with E-state index < -0.39 is 29.7 Å². The van der Waals surface area contributed by atoms with Gasteiger partial charge in [0.05, 0.1) is 13.0 Å². The van der Waals surface area contributed by atoms with Crippen molar-refractivity contribution in [3.63, 3.8) is 0 Å². The van der Waals surface area contributed by atoms with Gasteiger partial charge in [0.1, 0.15) is 0 Å². The first kappa shape index (κ1) is 20.4. The Hall–Kier alpha value is -1.59. The number of ether oxygens (including phenoxy) is 1. The molecule has 0 radical (unpaired) electrons. The summed E-state index contributed by atoms with van der Waals surface area (Å²) in [6.45, 7) is 4.11. The lowest BCUT2D eigenvalue weighted by Crippen LogP contribution is -2.42. The van der Waals surface area contributed by atoms with E-state index in [1.165, 1.54) is 0 Å². The van der Waals surface area contributed by atoms with Gasteiger partial charge < -0.3 is 14.9 Å². The maximum absolute atomic E-state index is 12.2. The molecule has 0 aliphatic heterocycles. The molecule has 0 aromatic rings. The van der Waals surface area contributed by atoms with E-state index in [0.29, 0.717) is 12.8 Å². The minimum Gasteiger partial charge on any atom is -0.481 e. The van der Waals surface area contributed by atoms with Crippen molar-refractivity contribution in [2.24, 2.45) is 5.41 Å². The number of unbranched alkanes of at least 4 members (excludes halogenated alkanes) is 5. The van der Waals surface area contributed by atoms with Crippen molar-refractivity contribution in [2.75, 3.05) is 6.61 Å². The van der Waals surface area contributed by atoms with Crippen LogP contribution >= 0.6 is 0 Å². The van der Waals surface area contributed by atoms with Gasteiger partial charge in [-0.05, 0) is 12.8 Å². The predicted octanol–water partition coefficient (Wildman–Crippen LogP) is 3.24. The van der Waals surface area contributed by atoms with Crippen LogP contribution in [0.4, 0.5) is 0 Å². The Morgan fingerprint density at radius 1 is 0.909 bits per heavy atom. The first-order valence-corrected chi connectivity index (χ1v) is 8.03. The number of esters is 1. The predicted molar refractivity (Wildman–Crippen MR) is 81.6 cm³/mol. The van der Waals surface area contributed by atoms with Gasteiger partial charge in [-0.25, -0.2) is 0 Å². The molecule has 0 aromatic heterocycles. The second-order valence-electron chi connectivity index (χ2n) is 5.61. The summed E-state index contributed by atoms with van der Waals surface area (Å²) in [5.74, 6) is -3.64. The van der Waals surface area contributed by atoms with Gasteiger partial charge in [0.15, 0.2) is 5.41 Å². The smallest absolute Gasteiger partial charge is 0.324 e. The molecule has 0 bridgehead atoms. The van der Waals surface area contributed by atoms with Crippen molar-refractivity contribution in [1.29, 1.82) is 0 Å². The second-order valence-corrected chi connectivity index (χ2v) is 5.61. The molecule has 0 fully saturated rings. The summed E-state index contributed by atoms with van der Waals surface area (Å²) in [6, 6.07) is 0. The van der Waals surface area contributed by atoms with Crippen LogP contribution in [-0.2, 0) is 19.1 Å². The third-order valence-corrected chi connectivity index (χ3v) is 3.69. The minimum atomic E-state index is -1.97. The van der Waals surface area contributed by atoms with E-state index in [2.05, 4.69) is 6.92 Å². The summed E-state index contributed by atoms with van der Waals surface area (Å²) in [4.78, 5) is 34.8. The Kier molecular flexibility index (Phi) is 10.2. The first-order chi connectivity index (χ1) is 10.4. The van der Waals surface area contributed by atoms with Crippen LogP contribution in [0.1, 0.15) is 71.6 Å². The van der Waals surface area contributed by atoms with E-state index in [4.69, 9.17) is 9.84 Å². The lowest BCUT2D eigenvalue weighted by atomic mass is 9.79. The second kappa shape index (κ2) is 11.0. The molecule has 6 heteroatoms. The van der Waals surface area contributed by atoms with Crippen molar-refractivity contribution in [2.45, 2.75) is 71.6 Å². The molecule has 6 nitrogen and oxygen atoms in total. The van der Waals surface area contributed by atoms with Gasteiger partial charge in [-0.2, -0.15) is 0 Å². The van der Waals surface area contributed by atoms with Crippen LogP contribution in [0, 0.1) is 5.41 Å². The number of rotatable bonds is 13. The molecular weight excluding hydrogens is 288 g/mol. The Balaban J connectivity index is 4.87. The molecular formula is C16H28O6. The summed E-state index contributed by atoms with van der Waals surface area (Å²) >= 11 is 0. The SMILES string of the molecule is CCCCCCC[C@@](CC(=O)O)(C(=O)O)C(=O)OCCCC. The van der Waals surface area contributed by atoms with Gasteiger partial charge in [0.2, 0.25) is 0 Å². The molecule has 1 atom stereocenters. The third-order valence-electron chi connectivity index (χ3n) is 3.69. The molecule has 0 saturated carbocycles. The molecule has 0 aliphatic carbocycles. The highest BCUT2D eigenvalue weighted by atomic mass is 16.5. The lowest BCUT2D eigenvalue weighted by Gasteiger charge is -2.25. The number of carboxylic acids is 2. The summed E-state index contributed by atoms with van der Waals surface area (Å²) < 4.78 is 5.01. The van der Waals surface area contributed by atoms with Crippen LogP contribution in [0.25, 0.3) is 0 Å². The van der Waals surface area contributed by atoms with E-state index in [1.54, 1.807) is 0 Å². The van der Waals surface area contributed by atoms with E-state index in [9.17, 15) is 19.5 Å². The van der Waals surface area contributed by atoms with E-state index in [-0.39, 0.29) is 13.0 Å². The normalized spacial score (nSPS) is 13.4. The van der Waals surface area contributed by atoms with E-state index >= 15 is 0 Å². The van der Waals surface area contributed by atoms with Crippen molar-refractivity contribution in [3.8, 4) is 0 Å². The highest BCUT2D eigenvalue weighted by Crippen LogP contribution is 2.32. The maximum atomic E-state index is 12.2. The number of hydrogen-bond donors (Lipinski definition) is 2. The molecule has 128 valence electrons. The van der Waals surface area contributed by atoms with Gasteiger partial charge >= 0.3 is 17.9 Å². The van der Waals surface area contributed by atoms with Crippen LogP contribution in [0.15, 0.2) is 0 Å². The zero-order valence-electron chi connectivity index (χ0n) is 13.6. The number of carbonyl (C=O) groups excluding carboxylic acids is 1. The van der Waals surface area contributed by atoms with Crippen LogP contribution in [0.3, 0.4) is 0 Å². The molecule has 0 aliphatic rings. The largest absolute Gasteiger partial charge is 0.481 e. The van der Waals surface area contributed by atoms with E-state index in [0.717, 1.165) is 32.1 Å². The van der Waals surface area contributed by atoms with Gasteiger partial charge in [0, 0.05) is 0 Å². The standard InChI is InChI=1S/C16H28O6/c1-3-5-7-8-9-10-16(14(19)20,12-13(17)18)15(21)22-11-6-4-2/h3-12H2,1-2H3,(H,17,18)(H,19,20)/t16-/m1/s1. The van der Waals surface area contributed by atoms with Crippen molar-refractivity contribution in [3.05, 3.63) is 0 Å². The lowest BCUT2D eigenvalue weighted by molar-refractivity contribution is -0.174. The average molecular weight is 316 g/mol. The molecule has 22 heavy (non-hydrogen) atoms. The molecule has 0 aromatic carbocycles. The monoisotopic (exact) mass is 316 g/mol. The summed E-state index contributed by atoms with van der Waals surface area (Å²) in [7, 11) is 0. The molecule has 0 spiro atoms. The van der Waals surface area contributed by atoms with Crippen LogP contribution < -0.4 is 0 Å². The molecule has 0 rings (SSSR count). The third kappa shape index (κ3) is 6.91. The highest BCUT2D eigenvalue weighted by Gasteiger charge is 2.49. The van der Waals surface area contributed by atoms with Crippen molar-refractivity contribution < 1.29 is 29.3 Å². The quantitative estimate of drug-likeness (QED) is 0.307. The molecule has 2 N–H and O–H groups in total. The Morgan fingerprint density at radius 2 is 1.50 bits per heavy atom. The van der Waals surface area contributed by atoms with Gasteiger partial charge in [-0.3, -0.25) is 14.4 Å². The Bertz CT molecular complexity index is 366. The number of carboxylic acid groups (broad SMARTS) is 2. The van der Waals surface area contributed by atoms with Gasteiger partial charge in [-0.15, -0.1) is 0 Å². The average Bonchev–Trinajstić information content (AvgIpc) is 2.45. The number of hydrogen-bond acceptors (Lipinski definition) is 4. The fourth-order valence-corrected chi connectivity index (χ4v) is 2.27. The molecule has 0 unspecified atom stereocenters. The summed E-state index contributed by atoms with van der Waals surface area (Å²) in [5, 5.41) is 18.4. The van der Waals surface area contributed by atoms with Crippen molar-refractivity contribution >= 4 is 17.9 Å². The fraction of sp³-hybridized carbons (Fsp3) is 0.812. The van der Waals surface area contributed by atoms with Crippen LogP contribution in [0.2, 0.25) is 0 Å². The zero-order chi connectivity index (χ0) is 17.0.